The van der Waals surface area contributed by atoms with Crippen molar-refractivity contribution in [3.63, 3.8) is 0 Å². The maximum Gasteiger partial charge on any atom is 0.412 e. The van der Waals surface area contributed by atoms with E-state index in [2.05, 4.69) is 21.2 Å². The van der Waals surface area contributed by atoms with Crippen LogP contribution in [-0.4, -0.2) is 22.8 Å². The van der Waals surface area contributed by atoms with Crippen LogP contribution < -0.4 is 5.32 Å². The quantitative estimate of drug-likeness (QED) is 0.866. The molecule has 1 amide bonds. The standard InChI is InChI=1S/C12H13BrFNO4/c1-12(2,3)19-11(18)15-8-5-6(13)4-7(9(8)14)10(16)17/h4-5H,1-3H3,(H,15,18)(H,16,17). The second-order valence-corrected chi connectivity index (χ2v) is 5.66. The van der Waals surface area contributed by atoms with Gasteiger partial charge in [0.05, 0.1) is 11.3 Å². The highest BCUT2D eigenvalue weighted by Crippen LogP contribution is 2.25. The van der Waals surface area contributed by atoms with Crippen molar-refractivity contribution >= 4 is 33.7 Å². The number of ether oxygens (including phenoxy) is 1. The second kappa shape index (κ2) is 5.56. The number of amides is 1. The van der Waals surface area contributed by atoms with Crippen molar-refractivity contribution in [2.45, 2.75) is 26.4 Å². The van der Waals surface area contributed by atoms with Crippen molar-refractivity contribution in [2.75, 3.05) is 5.32 Å². The Balaban J connectivity index is 3.02. The van der Waals surface area contributed by atoms with E-state index in [1.165, 1.54) is 6.07 Å². The first-order valence-corrected chi connectivity index (χ1v) is 6.12. The summed E-state index contributed by atoms with van der Waals surface area (Å²) >= 11 is 3.04. The Morgan fingerprint density at radius 1 is 1.37 bits per heavy atom. The molecule has 0 bridgehead atoms. The first-order valence-electron chi connectivity index (χ1n) is 5.32. The molecule has 0 heterocycles. The molecule has 1 aromatic carbocycles. The number of halogens is 2. The summed E-state index contributed by atoms with van der Waals surface area (Å²) in [5.41, 5.74) is -1.54. The predicted molar refractivity (Wildman–Crippen MR) is 70.9 cm³/mol. The molecule has 7 heteroatoms. The van der Waals surface area contributed by atoms with Gasteiger partial charge in [0.25, 0.3) is 0 Å². The number of carboxylic acid groups (broad SMARTS) is 1. The average molecular weight is 334 g/mol. The molecule has 0 aromatic heterocycles. The third-order valence-corrected chi connectivity index (χ3v) is 2.36. The van der Waals surface area contributed by atoms with E-state index in [-0.39, 0.29) is 5.69 Å². The zero-order valence-corrected chi connectivity index (χ0v) is 12.2. The van der Waals surface area contributed by atoms with Crippen LogP contribution in [0.15, 0.2) is 16.6 Å². The minimum Gasteiger partial charge on any atom is -0.478 e. The van der Waals surface area contributed by atoms with E-state index in [1.54, 1.807) is 20.8 Å². The number of hydrogen-bond donors (Lipinski definition) is 2. The molecule has 1 aromatic rings. The number of hydrogen-bond acceptors (Lipinski definition) is 3. The molecule has 0 fully saturated rings. The summed E-state index contributed by atoms with van der Waals surface area (Å²) in [6.07, 6.45) is -0.860. The van der Waals surface area contributed by atoms with Gasteiger partial charge in [-0.2, -0.15) is 0 Å². The molecule has 0 radical (unpaired) electrons. The third kappa shape index (κ3) is 4.51. The fourth-order valence-electron chi connectivity index (χ4n) is 1.25. The summed E-state index contributed by atoms with van der Waals surface area (Å²) < 4.78 is 19.1. The number of aromatic carboxylic acids is 1. The molecule has 0 aliphatic carbocycles. The number of carbonyl (C=O) groups excluding carboxylic acids is 1. The average Bonchev–Trinajstić information content (AvgIpc) is 2.19. The SMILES string of the molecule is CC(C)(C)OC(=O)Nc1cc(Br)cc(C(=O)O)c1F. The van der Waals surface area contributed by atoms with Gasteiger partial charge < -0.3 is 9.84 Å². The van der Waals surface area contributed by atoms with Crippen LogP contribution in [0.5, 0.6) is 0 Å². The minimum absolute atomic E-state index is 0.263. The van der Waals surface area contributed by atoms with Crippen LogP contribution in [0.4, 0.5) is 14.9 Å². The van der Waals surface area contributed by atoms with Crippen LogP contribution in [0.3, 0.4) is 0 Å². The molecule has 0 atom stereocenters. The van der Waals surface area contributed by atoms with Crippen LogP contribution >= 0.6 is 15.9 Å². The zero-order valence-electron chi connectivity index (χ0n) is 10.6. The maximum absolute atomic E-state index is 13.8. The van der Waals surface area contributed by atoms with E-state index in [1.807, 2.05) is 0 Å². The molecule has 1 rings (SSSR count). The molecular weight excluding hydrogens is 321 g/mol. The van der Waals surface area contributed by atoms with Crippen molar-refractivity contribution in [1.82, 2.24) is 0 Å². The Morgan fingerprint density at radius 2 is 1.95 bits per heavy atom. The van der Waals surface area contributed by atoms with Crippen molar-refractivity contribution in [1.29, 1.82) is 0 Å². The fraction of sp³-hybridized carbons (Fsp3) is 0.333. The van der Waals surface area contributed by atoms with E-state index >= 15 is 0 Å². The second-order valence-electron chi connectivity index (χ2n) is 4.75. The normalized spacial score (nSPS) is 11.0. The molecule has 0 aliphatic rings. The summed E-state index contributed by atoms with van der Waals surface area (Å²) in [4.78, 5) is 22.3. The van der Waals surface area contributed by atoms with Crippen LogP contribution in [-0.2, 0) is 4.74 Å². The Morgan fingerprint density at radius 3 is 2.42 bits per heavy atom. The third-order valence-electron chi connectivity index (χ3n) is 1.90. The van der Waals surface area contributed by atoms with Gasteiger partial charge in [0, 0.05) is 4.47 Å². The highest BCUT2D eigenvalue weighted by molar-refractivity contribution is 9.10. The molecule has 0 spiro atoms. The molecular formula is C12H13BrFNO4. The molecule has 19 heavy (non-hydrogen) atoms. The minimum atomic E-state index is -1.42. The monoisotopic (exact) mass is 333 g/mol. The fourth-order valence-corrected chi connectivity index (χ4v) is 1.71. The number of rotatable bonds is 2. The lowest BCUT2D eigenvalue weighted by atomic mass is 10.2. The van der Waals surface area contributed by atoms with Crippen molar-refractivity contribution < 1.29 is 23.8 Å². The highest BCUT2D eigenvalue weighted by Gasteiger charge is 2.20. The Labute approximate surface area is 117 Å². The number of nitrogens with one attached hydrogen (secondary N) is 1. The maximum atomic E-state index is 13.8. The van der Waals surface area contributed by atoms with E-state index in [0.717, 1.165) is 6.07 Å². The van der Waals surface area contributed by atoms with Gasteiger partial charge in [-0.3, -0.25) is 5.32 Å². The lowest BCUT2D eigenvalue weighted by Gasteiger charge is -2.20. The van der Waals surface area contributed by atoms with Crippen molar-refractivity contribution in [3.05, 3.63) is 28.0 Å². The summed E-state index contributed by atoms with van der Waals surface area (Å²) in [7, 11) is 0. The highest BCUT2D eigenvalue weighted by atomic mass is 79.9. The van der Waals surface area contributed by atoms with E-state index in [4.69, 9.17) is 9.84 Å². The smallest absolute Gasteiger partial charge is 0.412 e. The number of carboxylic acids is 1. The van der Waals surface area contributed by atoms with Gasteiger partial charge in [-0.1, -0.05) is 15.9 Å². The van der Waals surface area contributed by atoms with E-state index in [0.29, 0.717) is 4.47 Å². The molecule has 0 unspecified atom stereocenters. The van der Waals surface area contributed by atoms with Crippen LogP contribution in [0.1, 0.15) is 31.1 Å². The van der Waals surface area contributed by atoms with Gasteiger partial charge in [0.1, 0.15) is 5.60 Å². The van der Waals surface area contributed by atoms with Crippen LogP contribution in [0, 0.1) is 5.82 Å². The van der Waals surface area contributed by atoms with Crippen LogP contribution in [0.25, 0.3) is 0 Å². The summed E-state index contributed by atoms with van der Waals surface area (Å²) in [5, 5.41) is 11.0. The lowest BCUT2D eigenvalue weighted by Crippen LogP contribution is -2.27. The van der Waals surface area contributed by atoms with E-state index in [9.17, 15) is 14.0 Å². The van der Waals surface area contributed by atoms with E-state index < -0.39 is 29.0 Å². The molecule has 0 saturated carbocycles. The van der Waals surface area contributed by atoms with Gasteiger partial charge >= 0.3 is 12.1 Å². The molecule has 2 N–H and O–H groups in total. The Hall–Kier alpha value is -1.63. The number of anilines is 1. The van der Waals surface area contributed by atoms with Crippen LogP contribution in [0.2, 0.25) is 0 Å². The Kier molecular flexibility index (Phi) is 4.52. The topological polar surface area (TPSA) is 75.6 Å². The summed E-state index contributed by atoms with van der Waals surface area (Å²) in [5.74, 6) is -2.45. The van der Waals surface area contributed by atoms with Gasteiger partial charge in [-0.05, 0) is 32.9 Å². The zero-order chi connectivity index (χ0) is 14.8. The first-order chi connectivity index (χ1) is 8.60. The molecule has 5 nitrogen and oxygen atoms in total. The van der Waals surface area contributed by atoms with Gasteiger partial charge in [-0.25, -0.2) is 14.0 Å². The predicted octanol–water partition coefficient (Wildman–Crippen LogP) is 3.63. The summed E-state index contributed by atoms with van der Waals surface area (Å²) in [6, 6.07) is 2.36. The van der Waals surface area contributed by atoms with Gasteiger partial charge in [0.15, 0.2) is 5.82 Å². The number of benzene rings is 1. The van der Waals surface area contributed by atoms with Gasteiger partial charge in [0.2, 0.25) is 0 Å². The first kappa shape index (κ1) is 15.4. The largest absolute Gasteiger partial charge is 0.478 e. The molecule has 104 valence electrons. The lowest BCUT2D eigenvalue weighted by molar-refractivity contribution is 0.0631. The Bertz CT molecular complexity index is 525. The van der Waals surface area contributed by atoms with Gasteiger partial charge in [-0.15, -0.1) is 0 Å². The van der Waals surface area contributed by atoms with Crippen molar-refractivity contribution in [2.24, 2.45) is 0 Å². The number of carbonyl (C=O) groups is 2. The molecule has 0 aliphatic heterocycles. The summed E-state index contributed by atoms with van der Waals surface area (Å²) in [6.45, 7) is 4.98. The molecule has 0 saturated heterocycles. The van der Waals surface area contributed by atoms with Crippen molar-refractivity contribution in [3.8, 4) is 0 Å².